The maximum Gasteiger partial charge on any atom is 0.397 e. The second kappa shape index (κ2) is 4.83. The number of hydrogen-bond acceptors (Lipinski definition) is 2. The van der Waals surface area contributed by atoms with Crippen molar-refractivity contribution in [2.45, 2.75) is 31.5 Å². The van der Waals surface area contributed by atoms with E-state index in [1.54, 1.807) is 0 Å². The zero-order valence-electron chi connectivity index (χ0n) is 8.60. The minimum atomic E-state index is -4.40. The molecule has 1 fully saturated rings. The van der Waals surface area contributed by atoms with Crippen molar-refractivity contribution in [3.8, 4) is 0 Å². The van der Waals surface area contributed by atoms with Gasteiger partial charge < -0.3 is 10.2 Å². The molecular formula is C9H15F3N2O. The van der Waals surface area contributed by atoms with E-state index in [-0.39, 0.29) is 6.04 Å². The Kier molecular flexibility index (Phi) is 3.96. The van der Waals surface area contributed by atoms with Crippen molar-refractivity contribution in [3.63, 3.8) is 0 Å². The minimum Gasteiger partial charge on any atom is -0.342 e. The molecule has 1 heterocycles. The molecule has 1 rings (SSSR count). The number of piperidine rings is 1. The number of alkyl halides is 3. The van der Waals surface area contributed by atoms with Crippen molar-refractivity contribution < 1.29 is 18.0 Å². The fourth-order valence-corrected chi connectivity index (χ4v) is 1.69. The van der Waals surface area contributed by atoms with Crippen LogP contribution in [0.15, 0.2) is 0 Å². The van der Waals surface area contributed by atoms with Crippen LogP contribution < -0.4 is 5.32 Å². The fraction of sp³-hybridized carbons (Fsp3) is 0.889. The van der Waals surface area contributed by atoms with Gasteiger partial charge in [0.1, 0.15) is 6.42 Å². The second-order valence-corrected chi connectivity index (χ2v) is 3.78. The Hall–Kier alpha value is -0.780. The van der Waals surface area contributed by atoms with Crippen LogP contribution in [0.25, 0.3) is 0 Å². The van der Waals surface area contributed by atoms with Crippen LogP contribution in [0.4, 0.5) is 13.2 Å². The summed E-state index contributed by atoms with van der Waals surface area (Å²) in [5.41, 5.74) is 0. The van der Waals surface area contributed by atoms with Gasteiger partial charge >= 0.3 is 6.18 Å². The minimum absolute atomic E-state index is 0.0545. The third-order valence-corrected chi connectivity index (χ3v) is 2.60. The summed E-state index contributed by atoms with van der Waals surface area (Å²) in [6.45, 7) is 1.52. The Morgan fingerprint density at radius 2 is 1.93 bits per heavy atom. The topological polar surface area (TPSA) is 32.3 Å². The summed E-state index contributed by atoms with van der Waals surface area (Å²) in [5, 5.41) is 3.10. The maximum absolute atomic E-state index is 12.0. The van der Waals surface area contributed by atoms with Crippen LogP contribution in [0.2, 0.25) is 0 Å². The number of halogens is 3. The molecule has 0 aromatic heterocycles. The Balaban J connectivity index is 2.44. The predicted molar refractivity (Wildman–Crippen MR) is 49.3 cm³/mol. The van der Waals surface area contributed by atoms with E-state index >= 15 is 0 Å². The van der Waals surface area contributed by atoms with E-state index < -0.39 is 18.5 Å². The Morgan fingerprint density at radius 1 is 1.40 bits per heavy atom. The molecule has 1 aliphatic heterocycles. The standard InChI is InChI=1S/C9H15F3N2O/c1-14(7-2-4-13-5-3-7)8(15)6-9(10,11)12/h7,13H,2-6H2,1H3. The molecule has 15 heavy (non-hydrogen) atoms. The average Bonchev–Trinajstić information content (AvgIpc) is 2.15. The van der Waals surface area contributed by atoms with Crippen LogP contribution in [0.3, 0.4) is 0 Å². The first-order valence-corrected chi connectivity index (χ1v) is 4.93. The number of carbonyl (C=O) groups is 1. The van der Waals surface area contributed by atoms with Crippen molar-refractivity contribution >= 4 is 5.91 Å². The Morgan fingerprint density at radius 3 is 2.40 bits per heavy atom. The zero-order valence-corrected chi connectivity index (χ0v) is 8.60. The lowest BCUT2D eigenvalue weighted by Gasteiger charge is -2.31. The number of rotatable bonds is 2. The van der Waals surface area contributed by atoms with Crippen molar-refractivity contribution in [1.82, 2.24) is 10.2 Å². The van der Waals surface area contributed by atoms with Gasteiger partial charge in [0.15, 0.2) is 0 Å². The van der Waals surface area contributed by atoms with Gasteiger partial charge in [-0.15, -0.1) is 0 Å². The van der Waals surface area contributed by atoms with Gasteiger partial charge in [-0.2, -0.15) is 13.2 Å². The lowest BCUT2D eigenvalue weighted by atomic mass is 10.1. The van der Waals surface area contributed by atoms with E-state index in [0.717, 1.165) is 25.9 Å². The Bertz CT molecular complexity index is 224. The SMILES string of the molecule is CN(C(=O)CC(F)(F)F)C1CCNCC1. The van der Waals surface area contributed by atoms with E-state index in [4.69, 9.17) is 0 Å². The van der Waals surface area contributed by atoms with Crippen molar-refractivity contribution in [2.24, 2.45) is 0 Å². The largest absolute Gasteiger partial charge is 0.397 e. The third kappa shape index (κ3) is 4.07. The molecule has 0 aromatic rings. The first-order valence-electron chi connectivity index (χ1n) is 4.93. The number of carbonyl (C=O) groups excluding carboxylic acids is 1. The lowest BCUT2D eigenvalue weighted by Crippen LogP contribution is -2.44. The molecule has 0 spiro atoms. The molecule has 1 aliphatic rings. The number of nitrogens with one attached hydrogen (secondary N) is 1. The highest BCUT2D eigenvalue weighted by Crippen LogP contribution is 2.22. The van der Waals surface area contributed by atoms with E-state index in [1.807, 2.05) is 0 Å². The van der Waals surface area contributed by atoms with Crippen LogP contribution >= 0.6 is 0 Å². The average molecular weight is 224 g/mol. The molecule has 1 N–H and O–H groups in total. The fourth-order valence-electron chi connectivity index (χ4n) is 1.69. The quantitative estimate of drug-likeness (QED) is 0.763. The van der Waals surface area contributed by atoms with Crippen molar-refractivity contribution in [3.05, 3.63) is 0 Å². The Labute approximate surface area is 86.6 Å². The normalized spacial score (nSPS) is 18.9. The van der Waals surface area contributed by atoms with Gasteiger partial charge in [-0.1, -0.05) is 0 Å². The number of nitrogens with zero attached hydrogens (tertiary/aromatic N) is 1. The summed E-state index contributed by atoms with van der Waals surface area (Å²) >= 11 is 0. The monoisotopic (exact) mass is 224 g/mol. The van der Waals surface area contributed by atoms with E-state index in [2.05, 4.69) is 5.32 Å². The molecule has 0 saturated carbocycles. The number of hydrogen-bond donors (Lipinski definition) is 1. The van der Waals surface area contributed by atoms with Crippen molar-refractivity contribution in [2.75, 3.05) is 20.1 Å². The van der Waals surface area contributed by atoms with E-state index in [0.29, 0.717) is 0 Å². The summed E-state index contributed by atoms with van der Waals surface area (Å²) in [7, 11) is 1.45. The molecule has 0 bridgehead atoms. The van der Waals surface area contributed by atoms with Gasteiger partial charge in [0.05, 0.1) is 0 Å². The molecule has 0 aromatic carbocycles. The molecule has 1 amide bonds. The van der Waals surface area contributed by atoms with Crippen molar-refractivity contribution in [1.29, 1.82) is 0 Å². The summed E-state index contributed by atoms with van der Waals surface area (Å²) in [4.78, 5) is 12.5. The van der Waals surface area contributed by atoms with Gasteiger partial charge in [0, 0.05) is 13.1 Å². The second-order valence-electron chi connectivity index (χ2n) is 3.78. The zero-order chi connectivity index (χ0) is 11.5. The van der Waals surface area contributed by atoms with Gasteiger partial charge in [-0.3, -0.25) is 4.79 Å². The highest BCUT2D eigenvalue weighted by atomic mass is 19.4. The first-order chi connectivity index (χ1) is 6.90. The molecule has 0 radical (unpaired) electrons. The lowest BCUT2D eigenvalue weighted by molar-refractivity contribution is -0.162. The third-order valence-electron chi connectivity index (χ3n) is 2.60. The first kappa shape index (κ1) is 12.3. The van der Waals surface area contributed by atoms with Gasteiger partial charge in [0.25, 0.3) is 0 Å². The van der Waals surface area contributed by atoms with Gasteiger partial charge in [-0.25, -0.2) is 0 Å². The van der Waals surface area contributed by atoms with Crippen LogP contribution in [0, 0.1) is 0 Å². The van der Waals surface area contributed by atoms with Gasteiger partial charge in [0.2, 0.25) is 5.91 Å². The number of amides is 1. The summed E-state index contributed by atoms with van der Waals surface area (Å²) in [5.74, 6) is -0.839. The van der Waals surface area contributed by atoms with E-state index in [1.165, 1.54) is 11.9 Å². The molecule has 3 nitrogen and oxygen atoms in total. The maximum atomic E-state index is 12.0. The van der Waals surface area contributed by atoms with E-state index in [9.17, 15) is 18.0 Å². The molecule has 6 heteroatoms. The van der Waals surface area contributed by atoms with Crippen LogP contribution in [0.5, 0.6) is 0 Å². The summed E-state index contributed by atoms with van der Waals surface area (Å²) < 4.78 is 35.9. The summed E-state index contributed by atoms with van der Waals surface area (Å²) in [6.07, 6.45) is -4.31. The van der Waals surface area contributed by atoms with Crippen LogP contribution in [0.1, 0.15) is 19.3 Å². The molecule has 88 valence electrons. The smallest absolute Gasteiger partial charge is 0.342 e. The summed E-state index contributed by atoms with van der Waals surface area (Å²) in [6, 6.07) is -0.0545. The predicted octanol–water partition coefficient (Wildman–Crippen LogP) is 1.15. The molecule has 0 aliphatic carbocycles. The molecule has 0 atom stereocenters. The molecule has 1 saturated heterocycles. The molecular weight excluding hydrogens is 209 g/mol. The van der Waals surface area contributed by atoms with Gasteiger partial charge in [-0.05, 0) is 25.9 Å². The van der Waals surface area contributed by atoms with Crippen LogP contribution in [-0.4, -0.2) is 43.2 Å². The highest BCUT2D eigenvalue weighted by Gasteiger charge is 2.34. The molecule has 0 unspecified atom stereocenters. The van der Waals surface area contributed by atoms with Crippen LogP contribution in [-0.2, 0) is 4.79 Å². The highest BCUT2D eigenvalue weighted by molar-refractivity contribution is 5.76.